The summed E-state index contributed by atoms with van der Waals surface area (Å²) in [6.07, 6.45) is 3.34. The molecule has 2 aliphatic heterocycles. The summed E-state index contributed by atoms with van der Waals surface area (Å²) in [5.41, 5.74) is 0. The van der Waals surface area contributed by atoms with Gasteiger partial charge in [0.15, 0.2) is 0 Å². The fourth-order valence-electron chi connectivity index (χ4n) is 3.28. The van der Waals surface area contributed by atoms with Crippen LogP contribution in [-0.2, 0) is 4.79 Å². The Morgan fingerprint density at radius 3 is 2.44 bits per heavy atom. The van der Waals surface area contributed by atoms with Gasteiger partial charge in [0.05, 0.1) is 5.92 Å². The molecule has 0 saturated carbocycles. The summed E-state index contributed by atoms with van der Waals surface area (Å²) in [6, 6.07) is 0.358. The first-order valence-corrected chi connectivity index (χ1v) is 7.25. The second-order valence-electron chi connectivity index (χ2n) is 6.17. The Hall–Kier alpha value is -0.610. The van der Waals surface area contributed by atoms with Crippen molar-refractivity contribution in [2.24, 2.45) is 11.8 Å². The van der Waals surface area contributed by atoms with E-state index in [1.807, 2.05) is 0 Å². The van der Waals surface area contributed by atoms with Gasteiger partial charge in [-0.15, -0.1) is 0 Å². The van der Waals surface area contributed by atoms with Crippen molar-refractivity contribution in [1.82, 2.24) is 15.1 Å². The Labute approximate surface area is 111 Å². The molecule has 0 radical (unpaired) electrons. The van der Waals surface area contributed by atoms with E-state index in [-0.39, 0.29) is 5.92 Å². The van der Waals surface area contributed by atoms with Gasteiger partial charge in [-0.1, -0.05) is 0 Å². The molecule has 2 rings (SSSR count). The number of nitrogens with zero attached hydrogens (tertiary/aromatic N) is 2. The molecule has 2 saturated heterocycles. The van der Waals surface area contributed by atoms with Gasteiger partial charge in [-0.2, -0.15) is 0 Å². The first kappa shape index (κ1) is 13.8. The smallest absolute Gasteiger partial charge is 0.227 e. The van der Waals surface area contributed by atoms with E-state index in [1.54, 1.807) is 0 Å². The molecule has 18 heavy (non-hydrogen) atoms. The number of nitrogens with one attached hydrogen (secondary N) is 1. The van der Waals surface area contributed by atoms with E-state index in [9.17, 15) is 4.79 Å². The van der Waals surface area contributed by atoms with Crippen molar-refractivity contribution in [2.45, 2.75) is 32.2 Å². The topological polar surface area (TPSA) is 35.6 Å². The van der Waals surface area contributed by atoms with Crippen LogP contribution in [0.2, 0.25) is 0 Å². The number of carbonyl (C=O) groups excluding carboxylic acids is 1. The molecule has 4 nitrogen and oxygen atoms in total. The molecular weight excluding hydrogens is 226 g/mol. The van der Waals surface area contributed by atoms with Crippen LogP contribution >= 0.6 is 0 Å². The lowest BCUT2D eigenvalue weighted by Gasteiger charge is -2.35. The zero-order chi connectivity index (χ0) is 13.1. The van der Waals surface area contributed by atoms with Crippen molar-refractivity contribution in [3.05, 3.63) is 0 Å². The number of piperidine rings is 1. The molecular formula is C14H27N3O. The minimum atomic E-state index is 0.218. The predicted octanol–water partition coefficient (Wildman–Crippen LogP) is 0.785. The maximum atomic E-state index is 12.4. The summed E-state index contributed by atoms with van der Waals surface area (Å²) >= 11 is 0. The molecule has 0 aromatic heterocycles. The highest BCUT2D eigenvalue weighted by molar-refractivity contribution is 5.80. The largest absolute Gasteiger partial charge is 0.342 e. The van der Waals surface area contributed by atoms with Crippen LogP contribution in [0.5, 0.6) is 0 Å². The van der Waals surface area contributed by atoms with E-state index in [0.717, 1.165) is 38.5 Å². The summed E-state index contributed by atoms with van der Waals surface area (Å²) in [5.74, 6) is 1.37. The third-order valence-electron chi connectivity index (χ3n) is 4.39. The van der Waals surface area contributed by atoms with Gasteiger partial charge in [0.2, 0.25) is 5.91 Å². The van der Waals surface area contributed by atoms with Crippen molar-refractivity contribution >= 4 is 5.91 Å². The van der Waals surface area contributed by atoms with Crippen molar-refractivity contribution in [3.8, 4) is 0 Å². The van der Waals surface area contributed by atoms with Crippen LogP contribution in [0.1, 0.15) is 26.2 Å². The van der Waals surface area contributed by atoms with Crippen LogP contribution in [0, 0.1) is 11.8 Å². The minimum Gasteiger partial charge on any atom is -0.342 e. The van der Waals surface area contributed by atoms with Crippen molar-refractivity contribution in [3.63, 3.8) is 0 Å². The van der Waals surface area contributed by atoms with Crippen molar-refractivity contribution in [2.75, 3.05) is 40.3 Å². The number of hydrogen-bond donors (Lipinski definition) is 1. The molecule has 0 aliphatic carbocycles. The van der Waals surface area contributed by atoms with Gasteiger partial charge in [0.1, 0.15) is 0 Å². The van der Waals surface area contributed by atoms with Crippen LogP contribution in [0.15, 0.2) is 0 Å². The average molecular weight is 253 g/mol. The van der Waals surface area contributed by atoms with Crippen LogP contribution in [0.25, 0.3) is 0 Å². The predicted molar refractivity (Wildman–Crippen MR) is 73.4 cm³/mol. The molecule has 0 aromatic carbocycles. The highest BCUT2D eigenvalue weighted by atomic mass is 16.2. The summed E-state index contributed by atoms with van der Waals surface area (Å²) in [5, 5.41) is 3.37. The quantitative estimate of drug-likeness (QED) is 0.807. The number of carbonyl (C=O) groups is 1. The Balaban J connectivity index is 1.80. The maximum Gasteiger partial charge on any atom is 0.227 e. The molecule has 2 atom stereocenters. The monoisotopic (exact) mass is 253 g/mol. The van der Waals surface area contributed by atoms with E-state index in [1.165, 1.54) is 12.8 Å². The Morgan fingerprint density at radius 1 is 1.28 bits per heavy atom. The second kappa shape index (κ2) is 6.02. The molecule has 4 heteroatoms. The van der Waals surface area contributed by atoms with Gasteiger partial charge >= 0.3 is 0 Å². The van der Waals surface area contributed by atoms with E-state index in [2.05, 4.69) is 36.1 Å². The number of likely N-dealkylation sites (tertiary alicyclic amines) is 1. The second-order valence-corrected chi connectivity index (χ2v) is 6.17. The Kier molecular flexibility index (Phi) is 4.62. The maximum absolute atomic E-state index is 12.4. The van der Waals surface area contributed by atoms with Crippen LogP contribution in [0.4, 0.5) is 0 Å². The fourth-order valence-corrected chi connectivity index (χ4v) is 3.28. The first-order valence-electron chi connectivity index (χ1n) is 7.25. The van der Waals surface area contributed by atoms with Crippen molar-refractivity contribution in [1.29, 1.82) is 0 Å². The summed E-state index contributed by atoms with van der Waals surface area (Å²) in [7, 11) is 4.26. The lowest BCUT2D eigenvalue weighted by Crippen LogP contribution is -2.45. The Bertz CT molecular complexity index is 285. The third-order valence-corrected chi connectivity index (χ3v) is 4.39. The Morgan fingerprint density at radius 2 is 1.94 bits per heavy atom. The van der Waals surface area contributed by atoms with E-state index < -0.39 is 0 Å². The molecule has 1 amide bonds. The molecule has 2 fully saturated rings. The molecule has 2 heterocycles. The van der Waals surface area contributed by atoms with Gasteiger partial charge in [-0.3, -0.25) is 4.79 Å². The zero-order valence-corrected chi connectivity index (χ0v) is 12.0. The van der Waals surface area contributed by atoms with Crippen LogP contribution in [-0.4, -0.2) is 62.0 Å². The fraction of sp³-hybridized carbons (Fsp3) is 0.929. The van der Waals surface area contributed by atoms with E-state index >= 15 is 0 Å². The van der Waals surface area contributed by atoms with Crippen molar-refractivity contribution < 1.29 is 4.79 Å². The lowest BCUT2D eigenvalue weighted by molar-refractivity contribution is -0.137. The van der Waals surface area contributed by atoms with E-state index in [0.29, 0.717) is 11.9 Å². The molecule has 2 unspecified atom stereocenters. The minimum absolute atomic E-state index is 0.218. The molecule has 0 aromatic rings. The summed E-state index contributed by atoms with van der Waals surface area (Å²) in [6.45, 7) is 6.20. The SMILES string of the molecule is CC1NCCC1C(=O)N1CCC(CN(C)C)CC1. The molecule has 0 spiro atoms. The summed E-state index contributed by atoms with van der Waals surface area (Å²) in [4.78, 5) is 16.8. The third kappa shape index (κ3) is 3.23. The molecule has 0 bridgehead atoms. The zero-order valence-electron chi connectivity index (χ0n) is 12.0. The normalized spacial score (nSPS) is 30.1. The highest BCUT2D eigenvalue weighted by Crippen LogP contribution is 2.23. The van der Waals surface area contributed by atoms with Gasteiger partial charge in [0.25, 0.3) is 0 Å². The molecule has 2 aliphatic rings. The number of rotatable bonds is 3. The van der Waals surface area contributed by atoms with E-state index in [4.69, 9.17) is 0 Å². The summed E-state index contributed by atoms with van der Waals surface area (Å²) < 4.78 is 0. The lowest BCUT2D eigenvalue weighted by atomic mass is 9.94. The molecule has 1 N–H and O–H groups in total. The number of amides is 1. The van der Waals surface area contributed by atoms with Crippen LogP contribution in [0.3, 0.4) is 0 Å². The standard InChI is InChI=1S/C14H27N3O/c1-11-13(4-7-15-11)14(18)17-8-5-12(6-9-17)10-16(2)3/h11-13,15H,4-10H2,1-3H3. The van der Waals surface area contributed by atoms with Gasteiger partial charge < -0.3 is 15.1 Å². The van der Waals surface area contributed by atoms with Gasteiger partial charge in [-0.25, -0.2) is 0 Å². The number of hydrogen-bond acceptors (Lipinski definition) is 3. The first-order chi connectivity index (χ1) is 8.58. The van der Waals surface area contributed by atoms with Gasteiger partial charge in [0, 0.05) is 25.7 Å². The van der Waals surface area contributed by atoms with Gasteiger partial charge in [-0.05, 0) is 52.7 Å². The van der Waals surface area contributed by atoms with Crippen LogP contribution < -0.4 is 5.32 Å². The average Bonchev–Trinajstić information content (AvgIpc) is 2.75. The molecule has 104 valence electrons. The highest BCUT2D eigenvalue weighted by Gasteiger charge is 2.34.